The highest BCUT2D eigenvalue weighted by molar-refractivity contribution is 5.59. The molecule has 160 valence electrons. The molecule has 0 radical (unpaired) electrons. The Morgan fingerprint density at radius 1 is 1.00 bits per heavy atom. The average Bonchev–Trinajstić information content (AvgIpc) is 2.81. The van der Waals surface area contributed by atoms with Crippen LogP contribution in [0.15, 0.2) is 71.7 Å². The molecule has 0 bridgehead atoms. The lowest BCUT2D eigenvalue weighted by Crippen LogP contribution is -2.35. The lowest BCUT2D eigenvalue weighted by molar-refractivity contribution is 0.241. The van der Waals surface area contributed by atoms with Gasteiger partial charge in [-0.15, -0.1) is 0 Å². The van der Waals surface area contributed by atoms with Gasteiger partial charge in [0.1, 0.15) is 11.6 Å². The van der Waals surface area contributed by atoms with Gasteiger partial charge in [0, 0.05) is 49.1 Å². The number of hydrogen-bond acceptors (Lipinski definition) is 5. The number of aromatic nitrogens is 3. The van der Waals surface area contributed by atoms with Gasteiger partial charge in [-0.25, -0.2) is 9.37 Å². The van der Waals surface area contributed by atoms with Crippen molar-refractivity contribution < 1.29 is 4.39 Å². The van der Waals surface area contributed by atoms with Gasteiger partial charge in [-0.2, -0.15) is 0 Å². The van der Waals surface area contributed by atoms with Crippen molar-refractivity contribution in [3.8, 4) is 22.6 Å². The summed E-state index contributed by atoms with van der Waals surface area (Å²) in [6.45, 7) is 2.04. The summed E-state index contributed by atoms with van der Waals surface area (Å²) in [5, 5.41) is 0. The van der Waals surface area contributed by atoms with Crippen molar-refractivity contribution in [2.24, 2.45) is 0 Å². The predicted molar refractivity (Wildman–Crippen MR) is 122 cm³/mol. The first-order chi connectivity index (χ1) is 15.5. The Balaban J connectivity index is 1.30. The molecule has 7 heteroatoms. The van der Waals surface area contributed by atoms with Crippen LogP contribution in [0.25, 0.3) is 22.6 Å². The molecule has 0 amide bonds. The summed E-state index contributed by atoms with van der Waals surface area (Å²) in [5.41, 5.74) is 11.5. The number of H-pyrrole nitrogens is 1. The predicted octanol–water partition coefficient (Wildman–Crippen LogP) is 3.78. The number of hydrogen-bond donors (Lipinski definition) is 2. The molecule has 1 aliphatic rings. The molecule has 6 nitrogen and oxygen atoms in total. The Morgan fingerprint density at radius 2 is 1.75 bits per heavy atom. The number of benzene rings is 2. The highest BCUT2D eigenvalue weighted by Gasteiger charge is 2.21. The topological polar surface area (TPSA) is 87.9 Å². The SMILES string of the molecule is Nc1ccc(-c2nc3c(c(=O)[nH]2)CN(Cc2ccc(-c4ccc(F)cc4)nc2)CC3)cc1. The van der Waals surface area contributed by atoms with E-state index in [0.29, 0.717) is 36.6 Å². The Labute approximate surface area is 184 Å². The smallest absolute Gasteiger partial charge is 0.255 e. The molecule has 2 aromatic carbocycles. The van der Waals surface area contributed by atoms with E-state index in [1.807, 2.05) is 30.5 Å². The summed E-state index contributed by atoms with van der Waals surface area (Å²) in [4.78, 5) is 27.1. The fraction of sp³-hybridized carbons (Fsp3) is 0.160. The van der Waals surface area contributed by atoms with Gasteiger partial charge in [-0.3, -0.25) is 14.7 Å². The van der Waals surface area contributed by atoms with Gasteiger partial charge in [0.05, 0.1) is 17.0 Å². The van der Waals surface area contributed by atoms with Crippen LogP contribution in [0.4, 0.5) is 10.1 Å². The number of nitrogens with two attached hydrogens (primary N) is 1. The van der Waals surface area contributed by atoms with E-state index in [4.69, 9.17) is 10.7 Å². The van der Waals surface area contributed by atoms with Gasteiger partial charge < -0.3 is 10.7 Å². The Morgan fingerprint density at radius 3 is 2.47 bits per heavy atom. The van der Waals surface area contributed by atoms with Gasteiger partial charge in [-0.05, 0) is 60.2 Å². The number of nitrogens with zero attached hydrogens (tertiary/aromatic N) is 3. The van der Waals surface area contributed by atoms with Crippen LogP contribution in [0, 0.1) is 5.82 Å². The van der Waals surface area contributed by atoms with Crippen LogP contribution in [-0.4, -0.2) is 26.4 Å². The minimum atomic E-state index is -0.263. The number of fused-ring (bicyclic) bond motifs is 1. The second kappa shape index (κ2) is 8.36. The maximum absolute atomic E-state index is 13.1. The molecule has 3 heterocycles. The van der Waals surface area contributed by atoms with Crippen LogP contribution in [0.1, 0.15) is 16.8 Å². The third kappa shape index (κ3) is 4.15. The van der Waals surface area contributed by atoms with Gasteiger partial charge >= 0.3 is 0 Å². The average molecular weight is 427 g/mol. The van der Waals surface area contributed by atoms with Crippen LogP contribution >= 0.6 is 0 Å². The number of aromatic amines is 1. The molecule has 3 N–H and O–H groups in total. The molecule has 0 aliphatic carbocycles. The summed E-state index contributed by atoms with van der Waals surface area (Å²) < 4.78 is 13.1. The summed E-state index contributed by atoms with van der Waals surface area (Å²) in [7, 11) is 0. The molecular weight excluding hydrogens is 405 g/mol. The van der Waals surface area contributed by atoms with Crippen molar-refractivity contribution in [3.05, 3.63) is 99.9 Å². The minimum Gasteiger partial charge on any atom is -0.399 e. The summed E-state index contributed by atoms with van der Waals surface area (Å²) in [6.07, 6.45) is 2.54. The van der Waals surface area contributed by atoms with Crippen LogP contribution < -0.4 is 11.3 Å². The highest BCUT2D eigenvalue weighted by atomic mass is 19.1. The lowest BCUT2D eigenvalue weighted by Gasteiger charge is -2.27. The third-order valence-corrected chi connectivity index (χ3v) is 5.70. The van der Waals surface area contributed by atoms with Crippen molar-refractivity contribution in [1.82, 2.24) is 19.9 Å². The largest absolute Gasteiger partial charge is 0.399 e. The van der Waals surface area contributed by atoms with Gasteiger partial charge in [0.25, 0.3) is 5.56 Å². The Bertz CT molecular complexity index is 1300. The zero-order valence-corrected chi connectivity index (χ0v) is 17.4. The molecule has 1 aliphatic heterocycles. The van der Waals surface area contributed by atoms with Crippen molar-refractivity contribution in [1.29, 1.82) is 0 Å². The Kier molecular flexibility index (Phi) is 5.25. The quantitative estimate of drug-likeness (QED) is 0.484. The lowest BCUT2D eigenvalue weighted by atomic mass is 10.1. The number of rotatable bonds is 4. The fourth-order valence-electron chi connectivity index (χ4n) is 3.96. The van der Waals surface area contributed by atoms with Crippen LogP contribution in [0.3, 0.4) is 0 Å². The van der Waals surface area contributed by atoms with Crippen molar-refractivity contribution in [2.45, 2.75) is 19.5 Å². The first-order valence-electron chi connectivity index (χ1n) is 10.5. The van der Waals surface area contributed by atoms with Gasteiger partial charge in [0.2, 0.25) is 0 Å². The maximum Gasteiger partial charge on any atom is 0.255 e. The summed E-state index contributed by atoms with van der Waals surface area (Å²) in [5.74, 6) is 0.309. The number of nitrogen functional groups attached to an aromatic ring is 1. The third-order valence-electron chi connectivity index (χ3n) is 5.70. The zero-order chi connectivity index (χ0) is 22.1. The summed E-state index contributed by atoms with van der Waals surface area (Å²) in [6, 6.07) is 17.6. The molecule has 2 aromatic heterocycles. The fourth-order valence-corrected chi connectivity index (χ4v) is 3.96. The number of halogens is 1. The molecule has 5 rings (SSSR count). The van der Waals surface area contributed by atoms with Crippen LogP contribution in [0.2, 0.25) is 0 Å². The van der Waals surface area contributed by atoms with Crippen molar-refractivity contribution >= 4 is 5.69 Å². The molecule has 0 fully saturated rings. The molecule has 0 unspecified atom stereocenters. The molecule has 32 heavy (non-hydrogen) atoms. The first kappa shape index (κ1) is 20.1. The first-order valence-corrected chi connectivity index (χ1v) is 10.5. The number of pyridine rings is 1. The Hall–Kier alpha value is -3.84. The molecule has 0 spiro atoms. The van der Waals surface area contributed by atoms with E-state index >= 15 is 0 Å². The van der Waals surface area contributed by atoms with Gasteiger partial charge in [0.15, 0.2) is 0 Å². The van der Waals surface area contributed by atoms with E-state index in [-0.39, 0.29) is 11.4 Å². The molecular formula is C25H22FN5O. The van der Waals surface area contributed by atoms with E-state index < -0.39 is 0 Å². The second-order valence-electron chi connectivity index (χ2n) is 7.98. The zero-order valence-electron chi connectivity index (χ0n) is 17.4. The molecule has 0 saturated heterocycles. The van der Waals surface area contributed by atoms with E-state index in [9.17, 15) is 9.18 Å². The normalized spacial score (nSPS) is 13.7. The number of anilines is 1. The van der Waals surface area contributed by atoms with E-state index in [0.717, 1.165) is 34.6 Å². The van der Waals surface area contributed by atoms with Crippen molar-refractivity contribution in [2.75, 3.05) is 12.3 Å². The number of nitrogens with one attached hydrogen (secondary N) is 1. The molecule has 4 aromatic rings. The molecule has 0 atom stereocenters. The minimum absolute atomic E-state index is 0.101. The van der Waals surface area contributed by atoms with Gasteiger partial charge in [-0.1, -0.05) is 6.07 Å². The highest BCUT2D eigenvalue weighted by Crippen LogP contribution is 2.22. The van der Waals surface area contributed by atoms with E-state index in [1.165, 1.54) is 12.1 Å². The molecule has 0 saturated carbocycles. The van der Waals surface area contributed by atoms with E-state index in [1.54, 1.807) is 24.3 Å². The standard InChI is InChI=1S/C25H22FN5O/c26-19-6-2-17(3-7-19)22-10-1-16(13-28-22)14-31-12-11-23-21(15-31)25(32)30-24(29-23)18-4-8-20(27)9-5-18/h1-10,13H,11-12,14-15,27H2,(H,29,30,32). The monoisotopic (exact) mass is 427 g/mol. The van der Waals surface area contributed by atoms with Crippen LogP contribution in [0.5, 0.6) is 0 Å². The van der Waals surface area contributed by atoms with Crippen molar-refractivity contribution in [3.63, 3.8) is 0 Å². The second-order valence-corrected chi connectivity index (χ2v) is 7.98. The van der Waals surface area contributed by atoms with Crippen LogP contribution in [-0.2, 0) is 19.5 Å². The maximum atomic E-state index is 13.1. The van der Waals surface area contributed by atoms with E-state index in [2.05, 4.69) is 14.9 Å². The summed E-state index contributed by atoms with van der Waals surface area (Å²) >= 11 is 0.